The van der Waals surface area contributed by atoms with Crippen LogP contribution in [0.2, 0.25) is 5.02 Å². The van der Waals surface area contributed by atoms with E-state index in [1.165, 1.54) is 12.1 Å². The average molecular weight is 476 g/mol. The van der Waals surface area contributed by atoms with E-state index in [1.54, 1.807) is 19.1 Å². The summed E-state index contributed by atoms with van der Waals surface area (Å²) in [6.07, 6.45) is 0. The van der Waals surface area contributed by atoms with Gasteiger partial charge in [-0.1, -0.05) is 17.7 Å². The van der Waals surface area contributed by atoms with Crippen LogP contribution in [0.3, 0.4) is 0 Å². The molecule has 1 atom stereocenters. The summed E-state index contributed by atoms with van der Waals surface area (Å²) in [6.45, 7) is 1.65. The number of nitrogen functional groups attached to an aromatic ring is 2. The summed E-state index contributed by atoms with van der Waals surface area (Å²) < 4.78 is 15.4. The molecule has 0 aliphatic heterocycles. The Hall–Kier alpha value is -4.74. The van der Waals surface area contributed by atoms with Crippen molar-refractivity contribution in [3.63, 3.8) is 0 Å². The van der Waals surface area contributed by atoms with Crippen molar-refractivity contribution in [3.8, 4) is 17.8 Å². The molecule has 2 aromatic carbocycles. The van der Waals surface area contributed by atoms with Crippen LogP contribution in [0.5, 0.6) is 0 Å². The first kappa shape index (κ1) is 22.5. The van der Waals surface area contributed by atoms with Crippen LogP contribution in [0.1, 0.15) is 29.9 Å². The summed E-state index contributed by atoms with van der Waals surface area (Å²) in [5, 5.41) is 22.0. The van der Waals surface area contributed by atoms with E-state index >= 15 is 0 Å². The van der Waals surface area contributed by atoms with Gasteiger partial charge in [0.1, 0.15) is 29.1 Å². The molecule has 10 nitrogen and oxygen atoms in total. The van der Waals surface area contributed by atoms with E-state index in [1.807, 2.05) is 12.1 Å². The van der Waals surface area contributed by atoms with E-state index in [-0.39, 0.29) is 50.6 Å². The van der Waals surface area contributed by atoms with Crippen molar-refractivity contribution in [2.24, 2.45) is 0 Å². The first-order valence-electron chi connectivity index (χ1n) is 9.75. The summed E-state index contributed by atoms with van der Waals surface area (Å²) in [7, 11) is 0. The Morgan fingerprint density at radius 1 is 1.15 bits per heavy atom. The molecule has 0 fully saturated rings. The predicted molar refractivity (Wildman–Crippen MR) is 125 cm³/mol. The molecule has 0 aliphatic carbocycles. The van der Waals surface area contributed by atoms with Crippen molar-refractivity contribution in [3.05, 3.63) is 74.5 Å². The molecule has 0 bridgehead atoms. The van der Waals surface area contributed by atoms with Gasteiger partial charge in [0.2, 0.25) is 5.95 Å². The van der Waals surface area contributed by atoms with Crippen LogP contribution < -0.4 is 22.3 Å². The zero-order valence-electron chi connectivity index (χ0n) is 17.5. The van der Waals surface area contributed by atoms with Crippen molar-refractivity contribution >= 4 is 40.1 Å². The summed E-state index contributed by atoms with van der Waals surface area (Å²) >= 11 is 6.27. The van der Waals surface area contributed by atoms with Crippen molar-refractivity contribution in [2.75, 3.05) is 16.8 Å². The summed E-state index contributed by atoms with van der Waals surface area (Å²) in [5.41, 5.74) is 11.2. The summed E-state index contributed by atoms with van der Waals surface area (Å²) in [6, 6.07) is 11.3. The van der Waals surface area contributed by atoms with Gasteiger partial charge in [0.25, 0.3) is 5.56 Å². The highest BCUT2D eigenvalue weighted by Gasteiger charge is 2.22. The van der Waals surface area contributed by atoms with Crippen molar-refractivity contribution in [2.45, 2.75) is 13.0 Å². The molecule has 0 saturated carbocycles. The lowest BCUT2D eigenvalue weighted by atomic mass is 10.1. The Labute approximate surface area is 196 Å². The molecule has 0 spiro atoms. The second-order valence-corrected chi connectivity index (χ2v) is 7.63. The molecule has 2 heterocycles. The molecule has 4 aromatic rings. The SMILES string of the molecule is CC(Nc1nc(N)nc(N)c1C#N)c1nc2cccc(Cl)c2c(=O)n1-c1cc(F)cc(C#N)c1. The topological polar surface area (TPSA) is 172 Å². The van der Waals surface area contributed by atoms with E-state index in [0.717, 1.165) is 16.7 Å². The maximum atomic E-state index is 14.3. The normalized spacial score (nSPS) is 11.6. The fraction of sp³-hybridized carbons (Fsp3) is 0.0909. The lowest BCUT2D eigenvalue weighted by Gasteiger charge is -2.21. The van der Waals surface area contributed by atoms with Crippen molar-refractivity contribution in [1.82, 2.24) is 19.5 Å². The minimum atomic E-state index is -0.773. The second-order valence-electron chi connectivity index (χ2n) is 7.22. The Bertz CT molecular complexity index is 1600. The highest BCUT2D eigenvalue weighted by atomic mass is 35.5. The van der Waals surface area contributed by atoms with Crippen LogP contribution in [0, 0.1) is 28.5 Å². The number of fused-ring (bicyclic) bond motifs is 1. The molecule has 0 amide bonds. The fourth-order valence-electron chi connectivity index (χ4n) is 3.50. The van der Waals surface area contributed by atoms with Gasteiger partial charge in [-0.25, -0.2) is 9.37 Å². The molecular formula is C22H15ClFN9O. The molecular weight excluding hydrogens is 461 g/mol. The number of anilines is 3. The number of hydrogen-bond donors (Lipinski definition) is 3. The quantitative estimate of drug-likeness (QED) is 0.400. The number of nitrogens with two attached hydrogens (primary N) is 2. The van der Waals surface area contributed by atoms with Gasteiger partial charge >= 0.3 is 0 Å². The maximum absolute atomic E-state index is 14.3. The molecule has 12 heteroatoms. The molecule has 34 heavy (non-hydrogen) atoms. The maximum Gasteiger partial charge on any atom is 0.267 e. The number of hydrogen-bond acceptors (Lipinski definition) is 9. The zero-order chi connectivity index (χ0) is 24.6. The zero-order valence-corrected chi connectivity index (χ0v) is 18.3. The van der Waals surface area contributed by atoms with Gasteiger partial charge in [0.05, 0.1) is 39.3 Å². The van der Waals surface area contributed by atoms with E-state index in [4.69, 9.17) is 23.1 Å². The standard InChI is InChI=1S/C22H15ClFN9O/c1-10(29-19-14(9-26)18(27)31-22(28)32-19)20-30-16-4-2-3-15(23)17(16)21(34)33(20)13-6-11(8-25)5-12(24)7-13/h2-7,10H,1H3,(H5,27,28,29,31,32). The summed E-state index contributed by atoms with van der Waals surface area (Å²) in [5.74, 6) is -0.831. The molecule has 4 rings (SSSR count). The number of nitriles is 2. The Morgan fingerprint density at radius 3 is 2.62 bits per heavy atom. The van der Waals surface area contributed by atoms with Gasteiger partial charge in [-0.2, -0.15) is 20.5 Å². The van der Waals surface area contributed by atoms with Crippen LogP contribution in [-0.2, 0) is 0 Å². The molecule has 0 saturated heterocycles. The molecule has 2 aromatic heterocycles. The Morgan fingerprint density at radius 2 is 1.91 bits per heavy atom. The van der Waals surface area contributed by atoms with E-state index in [9.17, 15) is 19.7 Å². The number of benzene rings is 2. The predicted octanol–water partition coefficient (Wildman–Crippen LogP) is 3.05. The average Bonchev–Trinajstić information content (AvgIpc) is 2.78. The number of nitrogens with zero attached hydrogens (tertiary/aromatic N) is 6. The minimum Gasteiger partial charge on any atom is -0.382 e. The third-order valence-electron chi connectivity index (χ3n) is 4.95. The fourth-order valence-corrected chi connectivity index (χ4v) is 3.75. The highest BCUT2D eigenvalue weighted by molar-refractivity contribution is 6.35. The third-order valence-corrected chi connectivity index (χ3v) is 5.26. The molecule has 1 unspecified atom stereocenters. The second kappa shape index (κ2) is 8.65. The Kier molecular flexibility index (Phi) is 5.72. The number of nitrogens with one attached hydrogen (secondary N) is 1. The minimum absolute atomic E-state index is 0.0100. The molecule has 168 valence electrons. The highest BCUT2D eigenvalue weighted by Crippen LogP contribution is 2.27. The first-order valence-corrected chi connectivity index (χ1v) is 10.1. The smallest absolute Gasteiger partial charge is 0.267 e. The van der Waals surface area contributed by atoms with Gasteiger partial charge < -0.3 is 16.8 Å². The molecule has 0 radical (unpaired) electrons. The van der Waals surface area contributed by atoms with E-state index in [0.29, 0.717) is 5.52 Å². The van der Waals surface area contributed by atoms with E-state index < -0.39 is 17.4 Å². The van der Waals surface area contributed by atoms with Crippen LogP contribution in [0.15, 0.2) is 41.2 Å². The van der Waals surface area contributed by atoms with Crippen LogP contribution in [-0.4, -0.2) is 19.5 Å². The Balaban J connectivity index is 1.99. The van der Waals surface area contributed by atoms with Crippen LogP contribution in [0.25, 0.3) is 16.6 Å². The summed E-state index contributed by atoms with van der Waals surface area (Å²) in [4.78, 5) is 25.9. The van der Waals surface area contributed by atoms with Gasteiger partial charge in [0, 0.05) is 0 Å². The number of aromatic nitrogens is 4. The van der Waals surface area contributed by atoms with Gasteiger partial charge in [-0.15, -0.1) is 0 Å². The largest absolute Gasteiger partial charge is 0.382 e. The van der Waals surface area contributed by atoms with Crippen molar-refractivity contribution < 1.29 is 4.39 Å². The third kappa shape index (κ3) is 3.92. The van der Waals surface area contributed by atoms with Gasteiger partial charge in [0.15, 0.2) is 5.82 Å². The van der Waals surface area contributed by atoms with Crippen molar-refractivity contribution in [1.29, 1.82) is 10.5 Å². The number of rotatable bonds is 4. The lowest BCUT2D eigenvalue weighted by Crippen LogP contribution is -2.28. The first-order chi connectivity index (χ1) is 16.2. The molecule has 0 aliphatic rings. The van der Waals surface area contributed by atoms with Crippen LogP contribution in [0.4, 0.5) is 22.0 Å². The van der Waals surface area contributed by atoms with Gasteiger partial charge in [-0.05, 0) is 37.3 Å². The van der Waals surface area contributed by atoms with Gasteiger partial charge in [-0.3, -0.25) is 9.36 Å². The monoisotopic (exact) mass is 475 g/mol. The molecule has 5 N–H and O–H groups in total. The lowest BCUT2D eigenvalue weighted by molar-refractivity contribution is 0.624. The van der Waals surface area contributed by atoms with E-state index in [2.05, 4.69) is 20.3 Å². The van der Waals surface area contributed by atoms with Crippen LogP contribution >= 0.6 is 11.6 Å². The number of halogens is 2.